The predicted molar refractivity (Wildman–Crippen MR) is 70.4 cm³/mol. The summed E-state index contributed by atoms with van der Waals surface area (Å²) >= 11 is 0. The second-order valence-corrected chi connectivity index (χ2v) is 4.87. The molecule has 0 spiro atoms. The smallest absolute Gasteiger partial charge is 0.338 e. The van der Waals surface area contributed by atoms with Gasteiger partial charge in [-0.25, -0.2) is 19.2 Å². The summed E-state index contributed by atoms with van der Waals surface area (Å²) in [5.41, 5.74) is 0. The Kier molecular flexibility index (Phi) is 7.09. The molecule has 7 heteroatoms. The van der Waals surface area contributed by atoms with Gasteiger partial charge in [0, 0.05) is 44.7 Å². The first-order valence-electron chi connectivity index (χ1n) is 6.59. The second-order valence-electron chi connectivity index (χ2n) is 4.87. The van der Waals surface area contributed by atoms with Gasteiger partial charge in [0.25, 0.3) is 0 Å². The summed E-state index contributed by atoms with van der Waals surface area (Å²) in [6, 6.07) is 0. The van der Waals surface area contributed by atoms with Crippen molar-refractivity contribution in [1.82, 2.24) is 0 Å². The largest absolute Gasteiger partial charge is 0.387 e. The number of carbonyl (C=O) groups is 4. The molecule has 2 heterocycles. The Hall–Kier alpha value is -1.84. The van der Waals surface area contributed by atoms with Gasteiger partial charge in [0.1, 0.15) is 0 Å². The van der Waals surface area contributed by atoms with E-state index in [1.165, 1.54) is 19.3 Å². The fourth-order valence-electron chi connectivity index (χ4n) is 2.32. The van der Waals surface area contributed by atoms with Crippen molar-refractivity contribution in [3.05, 3.63) is 36.5 Å². The number of rotatable bonds is 0. The summed E-state index contributed by atoms with van der Waals surface area (Å²) in [4.78, 5) is 39.7. The quantitative estimate of drug-likeness (QED) is 0.265. The summed E-state index contributed by atoms with van der Waals surface area (Å²) in [5, 5.41) is 0. The zero-order valence-corrected chi connectivity index (χ0v) is 13.1. The van der Waals surface area contributed by atoms with Crippen LogP contribution in [0.15, 0.2) is 36.5 Å². The minimum Gasteiger partial charge on any atom is -0.387 e. The molecule has 0 aromatic rings. The summed E-state index contributed by atoms with van der Waals surface area (Å²) in [6.07, 6.45) is 13.5. The summed E-state index contributed by atoms with van der Waals surface area (Å²) in [5.74, 6) is -0.333. The topological polar surface area (TPSA) is 86.7 Å². The summed E-state index contributed by atoms with van der Waals surface area (Å²) < 4.78 is 7.94. The number of cyclic esters (lactones) is 4. The van der Waals surface area contributed by atoms with Crippen molar-refractivity contribution >= 4 is 23.9 Å². The first-order chi connectivity index (χ1) is 10.0. The second kappa shape index (κ2) is 8.57. The molecule has 0 amide bonds. The van der Waals surface area contributed by atoms with Crippen molar-refractivity contribution < 1.29 is 49.1 Å². The number of hydrogen-bond acceptors (Lipinski definition) is 6. The van der Waals surface area contributed by atoms with Crippen molar-refractivity contribution in [3.8, 4) is 0 Å². The molecule has 120 valence electrons. The Balaban J connectivity index is 0.000000161. The Morgan fingerprint density at radius 1 is 0.682 bits per heavy atom. The Labute approximate surface area is 140 Å². The average Bonchev–Trinajstić information content (AvgIpc) is 3.20. The maximum absolute atomic E-state index is 9.92. The molecule has 2 bridgehead atoms. The van der Waals surface area contributed by atoms with Gasteiger partial charge >= 0.3 is 23.9 Å². The third-order valence-corrected chi connectivity index (χ3v) is 3.28. The van der Waals surface area contributed by atoms with E-state index in [-0.39, 0.29) is 20.4 Å². The molecule has 2 aliphatic heterocycles. The number of hydrogen-bond donors (Lipinski definition) is 0. The molecule has 0 aromatic carbocycles. The number of fused-ring (bicyclic) bond motifs is 2. The van der Waals surface area contributed by atoms with Crippen molar-refractivity contribution in [2.45, 2.75) is 19.3 Å². The van der Waals surface area contributed by atoms with Gasteiger partial charge in [0.05, 0.1) is 0 Å². The van der Waals surface area contributed by atoms with Crippen LogP contribution in [0, 0.1) is 11.8 Å². The fraction of sp³-hybridized carbons (Fsp3) is 0.333. The van der Waals surface area contributed by atoms with Crippen molar-refractivity contribution in [2.75, 3.05) is 0 Å². The van der Waals surface area contributed by atoms with E-state index < -0.39 is 23.9 Å². The molecule has 2 unspecified atom stereocenters. The molecule has 0 N–H and O–H groups in total. The van der Waals surface area contributed by atoms with E-state index in [4.69, 9.17) is 0 Å². The van der Waals surface area contributed by atoms with Crippen LogP contribution in [-0.4, -0.2) is 23.9 Å². The van der Waals surface area contributed by atoms with Crippen molar-refractivity contribution in [3.63, 3.8) is 0 Å². The van der Waals surface area contributed by atoms with E-state index in [1.807, 2.05) is 0 Å². The van der Waals surface area contributed by atoms with E-state index in [0.29, 0.717) is 0 Å². The fourth-order valence-corrected chi connectivity index (χ4v) is 2.32. The van der Waals surface area contributed by atoms with Gasteiger partial charge in [-0.1, -0.05) is 12.2 Å². The van der Waals surface area contributed by atoms with E-state index in [2.05, 4.69) is 21.6 Å². The first kappa shape index (κ1) is 18.2. The van der Waals surface area contributed by atoms with Crippen LogP contribution in [-0.2, 0) is 49.1 Å². The molecule has 0 aromatic heterocycles. The SMILES string of the molecule is C1=CC2CCC1C2.O=C1C=CC(=O)O1.O=C1C=CC(=O)O1.[Pd]. The van der Waals surface area contributed by atoms with E-state index in [0.717, 1.165) is 36.1 Å². The van der Waals surface area contributed by atoms with Gasteiger partial charge in [0.15, 0.2) is 0 Å². The minimum atomic E-state index is -0.579. The molecule has 2 aliphatic carbocycles. The van der Waals surface area contributed by atoms with Crippen LogP contribution in [0.2, 0.25) is 0 Å². The molecular formula is C15H14O6Pd. The molecule has 4 rings (SSSR count). The molecule has 0 saturated heterocycles. The standard InChI is InChI=1S/C7H10.2C4H2O3.Pd/c1-2-7-4-3-6(1)5-7;2*5-3-1-2-4(6)7-3;/h1-2,6-7H,3-5H2;2*1-2H;. The van der Waals surface area contributed by atoms with Crippen LogP contribution in [0.1, 0.15) is 19.3 Å². The van der Waals surface area contributed by atoms with Gasteiger partial charge in [-0.3, -0.25) is 0 Å². The van der Waals surface area contributed by atoms with Crippen LogP contribution in [0.5, 0.6) is 0 Å². The molecule has 1 fully saturated rings. The first-order valence-corrected chi connectivity index (χ1v) is 6.59. The van der Waals surface area contributed by atoms with Crippen molar-refractivity contribution in [2.24, 2.45) is 11.8 Å². The zero-order valence-electron chi connectivity index (χ0n) is 11.5. The van der Waals surface area contributed by atoms with Crippen molar-refractivity contribution in [1.29, 1.82) is 0 Å². The van der Waals surface area contributed by atoms with E-state index in [9.17, 15) is 19.2 Å². The Morgan fingerprint density at radius 2 is 1.00 bits per heavy atom. The molecule has 2 atom stereocenters. The molecule has 6 nitrogen and oxygen atoms in total. The molecule has 22 heavy (non-hydrogen) atoms. The Bertz CT molecular complexity index is 480. The molecule has 1 saturated carbocycles. The maximum Gasteiger partial charge on any atom is 0.338 e. The number of esters is 4. The third kappa shape index (κ3) is 5.88. The summed E-state index contributed by atoms with van der Waals surface area (Å²) in [6.45, 7) is 0. The van der Waals surface area contributed by atoms with Gasteiger partial charge in [-0.15, -0.1) is 0 Å². The van der Waals surface area contributed by atoms with E-state index >= 15 is 0 Å². The minimum absolute atomic E-state index is 0. The summed E-state index contributed by atoms with van der Waals surface area (Å²) in [7, 11) is 0. The maximum atomic E-state index is 9.92. The number of allylic oxidation sites excluding steroid dienone is 2. The van der Waals surface area contributed by atoms with Crippen LogP contribution in [0.25, 0.3) is 0 Å². The number of carbonyl (C=O) groups excluding carboxylic acids is 4. The van der Waals surface area contributed by atoms with Crippen LogP contribution >= 0.6 is 0 Å². The van der Waals surface area contributed by atoms with Crippen LogP contribution in [0.4, 0.5) is 0 Å². The predicted octanol–water partition coefficient (Wildman–Crippen LogP) is 1.22. The normalized spacial score (nSPS) is 25.8. The van der Waals surface area contributed by atoms with Gasteiger partial charge in [0.2, 0.25) is 0 Å². The number of ether oxygens (including phenoxy) is 2. The molecule has 4 aliphatic rings. The van der Waals surface area contributed by atoms with Crippen LogP contribution in [0.3, 0.4) is 0 Å². The van der Waals surface area contributed by atoms with Crippen LogP contribution < -0.4 is 0 Å². The Morgan fingerprint density at radius 3 is 1.09 bits per heavy atom. The van der Waals surface area contributed by atoms with Gasteiger partial charge < -0.3 is 9.47 Å². The monoisotopic (exact) mass is 396 g/mol. The van der Waals surface area contributed by atoms with Gasteiger partial charge in [-0.05, 0) is 31.1 Å². The molecular weight excluding hydrogens is 383 g/mol. The molecule has 0 radical (unpaired) electrons. The third-order valence-electron chi connectivity index (χ3n) is 3.28. The average molecular weight is 397 g/mol. The van der Waals surface area contributed by atoms with E-state index in [1.54, 1.807) is 0 Å². The zero-order chi connectivity index (χ0) is 15.2. The van der Waals surface area contributed by atoms with Gasteiger partial charge in [-0.2, -0.15) is 0 Å².